The van der Waals surface area contributed by atoms with Crippen molar-refractivity contribution in [2.24, 2.45) is 15.9 Å². The molecule has 2 N–H and O–H groups in total. The van der Waals surface area contributed by atoms with Crippen LogP contribution in [0.5, 0.6) is 0 Å². The number of benzene rings is 1. The molecule has 0 spiro atoms. The predicted molar refractivity (Wildman–Crippen MR) is 119 cm³/mol. The molecule has 0 aliphatic carbocycles. The number of nitrogens with zero attached hydrogens (tertiary/aromatic N) is 4. The second-order valence-electron chi connectivity index (χ2n) is 8.33. The summed E-state index contributed by atoms with van der Waals surface area (Å²) in [6, 6.07) is 8.71. The second kappa shape index (κ2) is 9.45. The van der Waals surface area contributed by atoms with Gasteiger partial charge in [0.25, 0.3) is 0 Å². The SMILES string of the molecule is CCC(=O)[C@H]1CN(C2CCN(C3=NN=C(N)C3)CC2)[C@@H](Cc2ccc(Cl)cc2)CO1. The minimum Gasteiger partial charge on any atom is -0.385 e. The van der Waals surface area contributed by atoms with Crippen molar-refractivity contribution in [3.63, 3.8) is 0 Å². The normalized spacial score (nSPS) is 25.9. The molecule has 2 saturated heterocycles. The highest BCUT2D eigenvalue weighted by molar-refractivity contribution is 6.30. The van der Waals surface area contributed by atoms with Gasteiger partial charge >= 0.3 is 0 Å². The van der Waals surface area contributed by atoms with E-state index in [0.29, 0.717) is 37.9 Å². The zero-order chi connectivity index (χ0) is 21.1. The van der Waals surface area contributed by atoms with E-state index in [1.807, 2.05) is 19.1 Å². The van der Waals surface area contributed by atoms with Crippen molar-refractivity contribution in [2.45, 2.75) is 57.2 Å². The molecule has 3 aliphatic heterocycles. The van der Waals surface area contributed by atoms with E-state index in [1.165, 1.54) is 5.56 Å². The second-order valence-corrected chi connectivity index (χ2v) is 8.76. The van der Waals surface area contributed by atoms with Crippen LogP contribution in [-0.2, 0) is 16.0 Å². The number of rotatable bonds is 5. The number of amidine groups is 2. The molecule has 30 heavy (non-hydrogen) atoms. The van der Waals surface area contributed by atoms with Gasteiger partial charge in [-0.2, -0.15) is 0 Å². The van der Waals surface area contributed by atoms with Gasteiger partial charge in [0, 0.05) is 43.2 Å². The number of carbonyl (C=O) groups is 1. The number of nitrogens with two attached hydrogens (primary N) is 1. The molecule has 2 atom stereocenters. The first-order chi connectivity index (χ1) is 14.5. The molecule has 7 nitrogen and oxygen atoms in total. The Morgan fingerprint density at radius 3 is 2.60 bits per heavy atom. The van der Waals surface area contributed by atoms with E-state index >= 15 is 0 Å². The van der Waals surface area contributed by atoms with Gasteiger partial charge in [-0.15, -0.1) is 10.2 Å². The largest absolute Gasteiger partial charge is 0.385 e. The average Bonchev–Trinajstić information content (AvgIpc) is 3.21. The highest BCUT2D eigenvalue weighted by Gasteiger charge is 2.37. The highest BCUT2D eigenvalue weighted by Crippen LogP contribution is 2.26. The van der Waals surface area contributed by atoms with Crippen molar-refractivity contribution in [3.8, 4) is 0 Å². The van der Waals surface area contributed by atoms with Crippen LogP contribution in [0.2, 0.25) is 5.02 Å². The van der Waals surface area contributed by atoms with E-state index in [4.69, 9.17) is 22.1 Å². The van der Waals surface area contributed by atoms with Gasteiger partial charge in [-0.25, -0.2) is 0 Å². The predicted octanol–water partition coefficient (Wildman–Crippen LogP) is 2.47. The molecule has 0 amide bonds. The van der Waals surface area contributed by atoms with Gasteiger partial charge < -0.3 is 15.4 Å². The molecule has 3 heterocycles. The third kappa shape index (κ3) is 4.85. The summed E-state index contributed by atoms with van der Waals surface area (Å²) in [7, 11) is 0. The topological polar surface area (TPSA) is 83.5 Å². The first-order valence-electron chi connectivity index (χ1n) is 10.8. The quantitative estimate of drug-likeness (QED) is 0.774. The smallest absolute Gasteiger partial charge is 0.162 e. The van der Waals surface area contributed by atoms with E-state index in [2.05, 4.69) is 32.1 Å². The number of morpholine rings is 1. The molecule has 4 rings (SSSR count). The summed E-state index contributed by atoms with van der Waals surface area (Å²) in [6.45, 7) is 5.03. The van der Waals surface area contributed by atoms with Crippen LogP contribution < -0.4 is 5.73 Å². The summed E-state index contributed by atoms with van der Waals surface area (Å²) < 4.78 is 6.00. The zero-order valence-electron chi connectivity index (χ0n) is 17.5. The third-order valence-corrected chi connectivity index (χ3v) is 6.61. The van der Waals surface area contributed by atoms with Crippen molar-refractivity contribution >= 4 is 29.1 Å². The van der Waals surface area contributed by atoms with Gasteiger partial charge in [-0.05, 0) is 37.0 Å². The van der Waals surface area contributed by atoms with Crippen LogP contribution in [-0.4, -0.2) is 71.7 Å². The number of piperidine rings is 1. The first-order valence-corrected chi connectivity index (χ1v) is 11.2. The maximum absolute atomic E-state index is 12.3. The van der Waals surface area contributed by atoms with Gasteiger partial charge in [-0.3, -0.25) is 9.69 Å². The molecule has 8 heteroatoms. The molecule has 0 bridgehead atoms. The molecular formula is C22H30ClN5O2. The number of halogens is 1. The lowest BCUT2D eigenvalue weighted by atomic mass is 9.95. The average molecular weight is 432 g/mol. The van der Waals surface area contributed by atoms with Crippen LogP contribution in [0.1, 0.15) is 38.2 Å². The van der Waals surface area contributed by atoms with E-state index < -0.39 is 0 Å². The van der Waals surface area contributed by atoms with E-state index in [0.717, 1.165) is 43.2 Å². The maximum atomic E-state index is 12.3. The van der Waals surface area contributed by atoms with Crippen molar-refractivity contribution in [1.82, 2.24) is 9.80 Å². The summed E-state index contributed by atoms with van der Waals surface area (Å²) in [5.41, 5.74) is 7.02. The lowest BCUT2D eigenvalue weighted by Crippen LogP contribution is -2.58. The van der Waals surface area contributed by atoms with E-state index in [9.17, 15) is 4.79 Å². The van der Waals surface area contributed by atoms with Gasteiger partial charge in [0.1, 0.15) is 17.8 Å². The summed E-state index contributed by atoms with van der Waals surface area (Å²) in [4.78, 5) is 17.2. The van der Waals surface area contributed by atoms with Gasteiger partial charge in [0.05, 0.1) is 13.0 Å². The standard InChI is InChI=1S/C22H30ClN5O2/c1-2-19(29)20-13-28(18(14-30-20)11-15-3-5-16(23)6-4-15)17-7-9-27(10-8-17)22-12-21(24)25-26-22/h3-6,17-18,20H,2,7-14H2,1H3,(H2,24,25)/t18-,20+/m0/s1. The number of hydrogen-bond donors (Lipinski definition) is 1. The van der Waals surface area contributed by atoms with E-state index in [-0.39, 0.29) is 17.9 Å². The molecule has 162 valence electrons. The molecule has 2 fully saturated rings. The van der Waals surface area contributed by atoms with Crippen LogP contribution in [0.3, 0.4) is 0 Å². The van der Waals surface area contributed by atoms with Crippen molar-refractivity contribution in [2.75, 3.05) is 26.2 Å². The van der Waals surface area contributed by atoms with Crippen LogP contribution >= 0.6 is 11.6 Å². The monoisotopic (exact) mass is 431 g/mol. The van der Waals surface area contributed by atoms with Crippen LogP contribution in [0, 0.1) is 0 Å². The Morgan fingerprint density at radius 1 is 1.23 bits per heavy atom. The third-order valence-electron chi connectivity index (χ3n) is 6.36. The molecule has 1 aromatic rings. The van der Waals surface area contributed by atoms with Crippen LogP contribution in [0.4, 0.5) is 0 Å². The summed E-state index contributed by atoms with van der Waals surface area (Å²) in [5.74, 6) is 1.75. The summed E-state index contributed by atoms with van der Waals surface area (Å²) in [5, 5.41) is 8.94. The number of hydrogen-bond acceptors (Lipinski definition) is 7. The Hall–Kier alpha value is -1.96. The van der Waals surface area contributed by atoms with Gasteiger partial charge in [-0.1, -0.05) is 30.7 Å². The fourth-order valence-electron chi connectivity index (χ4n) is 4.64. The Labute approximate surface area is 182 Å². The Morgan fingerprint density at radius 2 is 1.97 bits per heavy atom. The summed E-state index contributed by atoms with van der Waals surface area (Å²) in [6.07, 6.45) is 3.80. The molecule has 1 aromatic carbocycles. The minimum atomic E-state index is -0.318. The van der Waals surface area contributed by atoms with Gasteiger partial charge in [0.2, 0.25) is 0 Å². The lowest BCUT2D eigenvalue weighted by molar-refractivity contribution is -0.143. The summed E-state index contributed by atoms with van der Waals surface area (Å²) >= 11 is 6.05. The molecule has 3 aliphatic rings. The molecule has 0 unspecified atom stereocenters. The van der Waals surface area contributed by atoms with E-state index in [1.54, 1.807) is 0 Å². The molecule has 0 aromatic heterocycles. The maximum Gasteiger partial charge on any atom is 0.162 e. The van der Waals surface area contributed by atoms with Crippen molar-refractivity contribution < 1.29 is 9.53 Å². The first kappa shape index (κ1) is 21.3. The van der Waals surface area contributed by atoms with Crippen LogP contribution in [0.25, 0.3) is 0 Å². The Bertz CT molecular complexity index is 817. The highest BCUT2D eigenvalue weighted by atomic mass is 35.5. The van der Waals surface area contributed by atoms with Crippen molar-refractivity contribution in [3.05, 3.63) is 34.9 Å². The van der Waals surface area contributed by atoms with Gasteiger partial charge in [0.15, 0.2) is 5.78 Å². The lowest BCUT2D eigenvalue weighted by Gasteiger charge is -2.46. The number of Topliss-reactive ketones (excluding diaryl/α,β-unsaturated/α-hetero) is 1. The Balaban J connectivity index is 1.43. The van der Waals surface area contributed by atoms with Crippen LogP contribution in [0.15, 0.2) is 34.5 Å². The number of ether oxygens (including phenoxy) is 1. The molecule has 0 saturated carbocycles. The fraction of sp³-hybridized carbons (Fsp3) is 0.591. The number of carbonyl (C=O) groups excluding carboxylic acids is 1. The number of likely N-dealkylation sites (tertiary alicyclic amines) is 1. The molecular weight excluding hydrogens is 402 g/mol. The molecule has 0 radical (unpaired) electrons. The fourth-order valence-corrected chi connectivity index (χ4v) is 4.77. The Kier molecular flexibility index (Phi) is 6.71. The zero-order valence-corrected chi connectivity index (χ0v) is 18.2. The number of ketones is 1. The minimum absolute atomic E-state index is 0.190. The van der Waals surface area contributed by atoms with Crippen molar-refractivity contribution in [1.29, 1.82) is 0 Å².